The molecule has 2 aromatic rings. The van der Waals surface area contributed by atoms with E-state index in [0.29, 0.717) is 21.7 Å². The molecule has 1 aromatic carbocycles. The Hall–Kier alpha value is -1.46. The predicted molar refractivity (Wildman–Crippen MR) is 69.5 cm³/mol. The Morgan fingerprint density at radius 3 is 2.68 bits per heavy atom. The third-order valence-electron chi connectivity index (χ3n) is 3.22. The first-order valence-electron chi connectivity index (χ1n) is 5.82. The summed E-state index contributed by atoms with van der Waals surface area (Å²) in [6, 6.07) is 8.33. The van der Waals surface area contributed by atoms with E-state index in [9.17, 15) is 10.2 Å². The predicted octanol–water partition coefficient (Wildman–Crippen LogP) is 2.26. The number of aryl methyl sites for hydroxylation is 1. The molecule has 0 amide bonds. The van der Waals surface area contributed by atoms with Crippen LogP contribution in [0.25, 0.3) is 0 Å². The first-order valence-corrected chi connectivity index (χ1v) is 6.20. The van der Waals surface area contributed by atoms with Crippen molar-refractivity contribution in [3.05, 3.63) is 63.9 Å². The zero-order chi connectivity index (χ0) is 13.6. The van der Waals surface area contributed by atoms with E-state index in [2.05, 4.69) is 4.98 Å². The van der Waals surface area contributed by atoms with E-state index in [1.807, 2.05) is 6.92 Å². The lowest BCUT2D eigenvalue weighted by molar-refractivity contribution is -0.247. The number of ether oxygens (including phenoxy) is 1. The van der Waals surface area contributed by atoms with Gasteiger partial charge in [-0.2, -0.15) is 0 Å². The van der Waals surface area contributed by atoms with Crippen LogP contribution in [0, 0.1) is 6.92 Å². The fourth-order valence-corrected chi connectivity index (χ4v) is 2.38. The molecule has 0 bridgehead atoms. The number of halogens is 1. The molecule has 3 rings (SSSR count). The van der Waals surface area contributed by atoms with E-state index < -0.39 is 12.1 Å². The molecule has 1 aliphatic heterocycles. The lowest BCUT2D eigenvalue weighted by atomic mass is 9.97. The summed E-state index contributed by atoms with van der Waals surface area (Å²) in [5.74, 6) is -1.69. The summed E-state index contributed by atoms with van der Waals surface area (Å²) in [4.78, 5) is 4.15. The summed E-state index contributed by atoms with van der Waals surface area (Å²) in [6.07, 6.45) is 0.354. The summed E-state index contributed by atoms with van der Waals surface area (Å²) in [7, 11) is 0. The molecule has 19 heavy (non-hydrogen) atoms. The van der Waals surface area contributed by atoms with Crippen LogP contribution in [0.1, 0.15) is 28.7 Å². The summed E-state index contributed by atoms with van der Waals surface area (Å²) < 4.78 is 5.33. The molecule has 2 heterocycles. The number of nitrogens with zero attached hydrogens (tertiary/aromatic N) is 1. The lowest BCUT2D eigenvalue weighted by Gasteiger charge is -2.23. The first kappa shape index (κ1) is 12.6. The molecule has 2 N–H and O–H groups in total. The van der Waals surface area contributed by atoms with Gasteiger partial charge in [-0.15, -0.1) is 0 Å². The molecule has 2 unspecified atom stereocenters. The van der Waals surface area contributed by atoms with E-state index >= 15 is 0 Å². The minimum atomic E-state index is -1.69. The second-order valence-corrected chi connectivity index (χ2v) is 4.97. The van der Waals surface area contributed by atoms with Crippen LogP contribution in [-0.4, -0.2) is 15.2 Å². The van der Waals surface area contributed by atoms with Crippen LogP contribution in [0.4, 0.5) is 0 Å². The highest BCUT2D eigenvalue weighted by Crippen LogP contribution is 2.44. The van der Waals surface area contributed by atoms with Gasteiger partial charge in [0, 0.05) is 33.6 Å². The SMILES string of the molecule is Cc1cc2c(cn1)C(O)(c1ccc(Cl)cc1)OC2O. The minimum Gasteiger partial charge on any atom is -0.364 e. The Morgan fingerprint density at radius 1 is 1.32 bits per heavy atom. The number of hydrogen-bond donors (Lipinski definition) is 2. The van der Waals surface area contributed by atoms with Gasteiger partial charge in [-0.05, 0) is 25.1 Å². The summed E-state index contributed by atoms with van der Waals surface area (Å²) in [5.41, 5.74) is 2.24. The number of benzene rings is 1. The number of pyridine rings is 1. The maximum Gasteiger partial charge on any atom is 0.224 e. The number of aromatic nitrogens is 1. The number of aliphatic hydroxyl groups excluding tert-OH is 1. The Morgan fingerprint density at radius 2 is 2.00 bits per heavy atom. The highest BCUT2D eigenvalue weighted by molar-refractivity contribution is 6.30. The molecule has 0 spiro atoms. The average molecular weight is 278 g/mol. The van der Waals surface area contributed by atoms with Gasteiger partial charge in [-0.25, -0.2) is 0 Å². The van der Waals surface area contributed by atoms with Gasteiger partial charge >= 0.3 is 0 Å². The summed E-state index contributed by atoms with van der Waals surface area (Å²) in [5, 5.41) is 21.2. The van der Waals surface area contributed by atoms with Crippen LogP contribution in [0.3, 0.4) is 0 Å². The van der Waals surface area contributed by atoms with Gasteiger partial charge in [0.25, 0.3) is 0 Å². The van der Waals surface area contributed by atoms with Crippen molar-refractivity contribution < 1.29 is 14.9 Å². The molecule has 1 aliphatic rings. The van der Waals surface area contributed by atoms with Gasteiger partial charge in [0.1, 0.15) is 0 Å². The standard InChI is InChI=1S/C14H12ClNO3/c1-8-6-11-12(7-16-8)14(18,19-13(11)17)9-2-4-10(15)5-3-9/h2-7,13,17-18H,1H3. The van der Waals surface area contributed by atoms with Crippen molar-refractivity contribution in [2.45, 2.75) is 19.0 Å². The highest BCUT2D eigenvalue weighted by atomic mass is 35.5. The zero-order valence-electron chi connectivity index (χ0n) is 10.2. The molecule has 0 radical (unpaired) electrons. The third kappa shape index (κ3) is 1.93. The number of fused-ring (bicyclic) bond motifs is 1. The second-order valence-electron chi connectivity index (χ2n) is 4.53. The molecule has 2 atom stereocenters. The van der Waals surface area contributed by atoms with Gasteiger partial charge in [0.15, 0.2) is 6.29 Å². The van der Waals surface area contributed by atoms with Crippen LogP contribution in [0.5, 0.6) is 0 Å². The van der Waals surface area contributed by atoms with Crippen LogP contribution in [-0.2, 0) is 10.5 Å². The molecule has 0 aliphatic carbocycles. The van der Waals surface area contributed by atoms with Gasteiger partial charge in [-0.1, -0.05) is 23.7 Å². The number of rotatable bonds is 1. The zero-order valence-corrected chi connectivity index (χ0v) is 10.9. The van der Waals surface area contributed by atoms with Gasteiger partial charge in [0.05, 0.1) is 0 Å². The van der Waals surface area contributed by atoms with Crippen molar-refractivity contribution in [2.75, 3.05) is 0 Å². The Bertz CT molecular complexity index is 629. The van der Waals surface area contributed by atoms with Crippen molar-refractivity contribution in [1.82, 2.24) is 4.98 Å². The van der Waals surface area contributed by atoms with E-state index in [1.54, 1.807) is 30.3 Å². The van der Waals surface area contributed by atoms with Crippen molar-refractivity contribution in [3.8, 4) is 0 Å². The van der Waals surface area contributed by atoms with Gasteiger partial charge in [0.2, 0.25) is 5.79 Å². The fourth-order valence-electron chi connectivity index (χ4n) is 2.26. The molecule has 5 heteroatoms. The second kappa shape index (κ2) is 4.28. The van der Waals surface area contributed by atoms with Crippen molar-refractivity contribution >= 4 is 11.6 Å². The Labute approximate surface area is 115 Å². The lowest BCUT2D eigenvalue weighted by Crippen LogP contribution is -2.26. The van der Waals surface area contributed by atoms with Crippen LogP contribution >= 0.6 is 11.6 Å². The molecular weight excluding hydrogens is 266 g/mol. The Balaban J connectivity index is 2.15. The van der Waals surface area contributed by atoms with Crippen LogP contribution in [0.15, 0.2) is 36.5 Å². The quantitative estimate of drug-likeness (QED) is 0.839. The highest BCUT2D eigenvalue weighted by Gasteiger charge is 2.45. The normalized spacial score (nSPS) is 25.4. The topological polar surface area (TPSA) is 62.6 Å². The third-order valence-corrected chi connectivity index (χ3v) is 3.47. The largest absolute Gasteiger partial charge is 0.364 e. The van der Waals surface area contributed by atoms with E-state index in [-0.39, 0.29) is 0 Å². The van der Waals surface area contributed by atoms with Gasteiger partial charge < -0.3 is 14.9 Å². The smallest absolute Gasteiger partial charge is 0.224 e. The molecule has 0 fully saturated rings. The average Bonchev–Trinajstić information content (AvgIpc) is 2.63. The van der Waals surface area contributed by atoms with Crippen molar-refractivity contribution in [2.24, 2.45) is 0 Å². The summed E-state index contributed by atoms with van der Waals surface area (Å²) in [6.45, 7) is 1.81. The monoisotopic (exact) mass is 277 g/mol. The minimum absolute atomic E-state index is 0.452. The molecule has 1 aromatic heterocycles. The van der Waals surface area contributed by atoms with E-state index in [1.165, 1.54) is 6.20 Å². The molecule has 98 valence electrons. The molecule has 0 saturated heterocycles. The van der Waals surface area contributed by atoms with Crippen molar-refractivity contribution in [3.63, 3.8) is 0 Å². The fraction of sp³-hybridized carbons (Fsp3) is 0.214. The van der Waals surface area contributed by atoms with E-state index in [4.69, 9.17) is 16.3 Å². The Kier molecular flexibility index (Phi) is 2.83. The van der Waals surface area contributed by atoms with E-state index in [0.717, 1.165) is 5.69 Å². The van der Waals surface area contributed by atoms with Crippen LogP contribution < -0.4 is 0 Å². The van der Waals surface area contributed by atoms with Gasteiger partial charge in [-0.3, -0.25) is 4.98 Å². The number of hydrogen-bond acceptors (Lipinski definition) is 4. The maximum atomic E-state index is 10.7. The summed E-state index contributed by atoms with van der Waals surface area (Å²) >= 11 is 5.83. The molecular formula is C14H12ClNO3. The first-order chi connectivity index (χ1) is 9.00. The molecule has 0 saturated carbocycles. The van der Waals surface area contributed by atoms with Crippen LogP contribution in [0.2, 0.25) is 5.02 Å². The molecule has 4 nitrogen and oxygen atoms in total. The number of aliphatic hydroxyl groups is 2. The maximum absolute atomic E-state index is 10.7. The van der Waals surface area contributed by atoms with Crippen molar-refractivity contribution in [1.29, 1.82) is 0 Å².